The van der Waals surface area contributed by atoms with Crippen molar-refractivity contribution >= 4 is 31.6 Å². The molecule has 1 unspecified atom stereocenters. The lowest BCUT2D eigenvalue weighted by Crippen LogP contribution is -2.49. The van der Waals surface area contributed by atoms with Crippen LogP contribution in [0.25, 0.3) is 10.2 Å². The fourth-order valence-corrected chi connectivity index (χ4v) is 6.47. The second-order valence-electron chi connectivity index (χ2n) is 7.40. The number of rotatable bonds is 4. The maximum atomic E-state index is 13.1. The van der Waals surface area contributed by atoms with Crippen LogP contribution < -0.4 is 0 Å². The average Bonchev–Trinajstić information content (AvgIpc) is 3.13. The van der Waals surface area contributed by atoms with Crippen molar-refractivity contribution in [3.05, 3.63) is 58.6 Å². The molecule has 28 heavy (non-hydrogen) atoms. The van der Waals surface area contributed by atoms with Crippen molar-refractivity contribution < 1.29 is 8.42 Å². The standard InChI is InChI=1S/C21H25N3O2S2/c1-15-8-9-16(2)20(14-15)28(25,26)24-12-10-23(11-13-24)17(3)21-22-18-6-4-5-7-19(18)27-21/h4-9,14,17H,10-13H2,1-3H3. The Morgan fingerprint density at radius 2 is 1.75 bits per heavy atom. The summed E-state index contributed by atoms with van der Waals surface area (Å²) in [5.74, 6) is 0. The molecular weight excluding hydrogens is 390 g/mol. The van der Waals surface area contributed by atoms with E-state index in [1.165, 1.54) is 4.70 Å². The predicted molar refractivity (Wildman–Crippen MR) is 114 cm³/mol. The number of piperazine rings is 1. The fourth-order valence-electron chi connectivity index (χ4n) is 3.68. The van der Waals surface area contributed by atoms with E-state index in [1.54, 1.807) is 21.7 Å². The van der Waals surface area contributed by atoms with Crippen LogP contribution in [0.15, 0.2) is 47.4 Å². The lowest BCUT2D eigenvalue weighted by Gasteiger charge is -2.36. The number of aryl methyl sites for hydroxylation is 2. The summed E-state index contributed by atoms with van der Waals surface area (Å²) in [5.41, 5.74) is 2.80. The van der Waals surface area contributed by atoms with Gasteiger partial charge in [-0.15, -0.1) is 11.3 Å². The number of hydrogen-bond donors (Lipinski definition) is 0. The number of nitrogens with zero attached hydrogens (tertiary/aromatic N) is 3. The maximum absolute atomic E-state index is 13.1. The molecule has 1 saturated heterocycles. The molecule has 0 saturated carbocycles. The summed E-state index contributed by atoms with van der Waals surface area (Å²) in [7, 11) is -3.46. The Kier molecular flexibility index (Phi) is 5.26. The van der Waals surface area contributed by atoms with E-state index < -0.39 is 10.0 Å². The van der Waals surface area contributed by atoms with E-state index in [0.717, 1.165) is 21.7 Å². The first kappa shape index (κ1) is 19.5. The summed E-state index contributed by atoms with van der Waals surface area (Å²) in [6, 6.07) is 14.0. The van der Waals surface area contributed by atoms with Crippen LogP contribution in [0.5, 0.6) is 0 Å². The monoisotopic (exact) mass is 415 g/mol. The normalized spacial score (nSPS) is 17.8. The smallest absolute Gasteiger partial charge is 0.243 e. The van der Waals surface area contributed by atoms with Crippen LogP contribution in [0.2, 0.25) is 0 Å². The number of thiazole rings is 1. The third-order valence-corrected chi connectivity index (χ3v) is 8.70. The van der Waals surface area contributed by atoms with Crippen molar-refractivity contribution in [1.82, 2.24) is 14.2 Å². The van der Waals surface area contributed by atoms with E-state index in [2.05, 4.69) is 17.9 Å². The maximum Gasteiger partial charge on any atom is 0.243 e. The highest BCUT2D eigenvalue weighted by molar-refractivity contribution is 7.89. The van der Waals surface area contributed by atoms with E-state index in [-0.39, 0.29) is 6.04 Å². The SMILES string of the molecule is Cc1ccc(C)c(S(=O)(=O)N2CCN(C(C)c3nc4ccccc4s3)CC2)c1. The molecule has 7 heteroatoms. The molecule has 0 amide bonds. The third-order valence-electron chi connectivity index (χ3n) is 5.45. The van der Waals surface area contributed by atoms with Gasteiger partial charge in [0.25, 0.3) is 0 Å². The highest BCUT2D eigenvalue weighted by Crippen LogP contribution is 2.31. The molecule has 0 radical (unpaired) electrons. The zero-order valence-electron chi connectivity index (χ0n) is 16.4. The van der Waals surface area contributed by atoms with E-state index in [0.29, 0.717) is 31.1 Å². The van der Waals surface area contributed by atoms with E-state index in [1.807, 2.05) is 44.2 Å². The Hall–Kier alpha value is -1.80. The van der Waals surface area contributed by atoms with Crippen LogP contribution in [0, 0.1) is 13.8 Å². The van der Waals surface area contributed by atoms with Gasteiger partial charge < -0.3 is 0 Å². The van der Waals surface area contributed by atoms with Crippen LogP contribution in [-0.2, 0) is 10.0 Å². The van der Waals surface area contributed by atoms with Gasteiger partial charge in [-0.3, -0.25) is 4.90 Å². The summed E-state index contributed by atoms with van der Waals surface area (Å²) < 4.78 is 29.1. The molecular formula is C21H25N3O2S2. The molecule has 1 fully saturated rings. The van der Waals surface area contributed by atoms with Gasteiger partial charge in [0, 0.05) is 26.2 Å². The molecule has 1 aromatic heterocycles. The molecule has 3 aromatic rings. The molecule has 2 aromatic carbocycles. The first-order valence-corrected chi connectivity index (χ1v) is 11.8. The highest BCUT2D eigenvalue weighted by atomic mass is 32.2. The zero-order valence-corrected chi connectivity index (χ0v) is 18.1. The summed E-state index contributed by atoms with van der Waals surface area (Å²) >= 11 is 1.72. The second kappa shape index (κ2) is 7.55. The fraction of sp³-hybridized carbons (Fsp3) is 0.381. The van der Waals surface area contributed by atoms with Crippen LogP contribution in [-0.4, -0.2) is 48.8 Å². The van der Waals surface area contributed by atoms with Gasteiger partial charge in [0.2, 0.25) is 10.0 Å². The first-order chi connectivity index (χ1) is 13.4. The lowest BCUT2D eigenvalue weighted by atomic mass is 10.2. The van der Waals surface area contributed by atoms with Gasteiger partial charge >= 0.3 is 0 Å². The van der Waals surface area contributed by atoms with Crippen molar-refractivity contribution in [2.24, 2.45) is 0 Å². The molecule has 1 aliphatic rings. The number of aromatic nitrogens is 1. The third kappa shape index (κ3) is 3.59. The van der Waals surface area contributed by atoms with Crippen molar-refractivity contribution in [3.8, 4) is 0 Å². The Morgan fingerprint density at radius 1 is 1.04 bits per heavy atom. The largest absolute Gasteiger partial charge is 0.292 e. The van der Waals surface area contributed by atoms with Crippen molar-refractivity contribution in [3.63, 3.8) is 0 Å². The lowest BCUT2D eigenvalue weighted by molar-refractivity contribution is 0.145. The summed E-state index contributed by atoms with van der Waals surface area (Å²) in [5, 5.41) is 1.09. The Morgan fingerprint density at radius 3 is 2.46 bits per heavy atom. The first-order valence-electron chi connectivity index (χ1n) is 9.53. The number of sulfonamides is 1. The molecule has 5 nitrogen and oxygen atoms in total. The predicted octanol–water partition coefficient (Wildman–Crippen LogP) is 3.98. The Balaban J connectivity index is 1.48. The molecule has 0 spiro atoms. The van der Waals surface area contributed by atoms with E-state index in [9.17, 15) is 8.42 Å². The Labute approximate surface area is 170 Å². The molecule has 1 aliphatic heterocycles. The van der Waals surface area contributed by atoms with Crippen molar-refractivity contribution in [2.75, 3.05) is 26.2 Å². The molecule has 0 N–H and O–H groups in total. The van der Waals surface area contributed by atoms with Crippen LogP contribution >= 0.6 is 11.3 Å². The van der Waals surface area contributed by atoms with Gasteiger partial charge in [0.05, 0.1) is 21.2 Å². The minimum Gasteiger partial charge on any atom is -0.292 e. The number of benzene rings is 2. The van der Waals surface area contributed by atoms with Crippen LogP contribution in [0.3, 0.4) is 0 Å². The van der Waals surface area contributed by atoms with Gasteiger partial charge in [0.1, 0.15) is 5.01 Å². The minimum absolute atomic E-state index is 0.183. The molecule has 148 valence electrons. The van der Waals surface area contributed by atoms with Gasteiger partial charge in [-0.05, 0) is 50.1 Å². The van der Waals surface area contributed by atoms with Crippen molar-refractivity contribution in [2.45, 2.75) is 31.7 Å². The summed E-state index contributed by atoms with van der Waals surface area (Å²) in [6.07, 6.45) is 0. The van der Waals surface area contributed by atoms with Gasteiger partial charge in [0.15, 0.2) is 0 Å². The average molecular weight is 416 g/mol. The highest BCUT2D eigenvalue weighted by Gasteiger charge is 2.32. The van der Waals surface area contributed by atoms with Gasteiger partial charge in [-0.1, -0.05) is 24.3 Å². The minimum atomic E-state index is -3.46. The van der Waals surface area contributed by atoms with Crippen LogP contribution in [0.4, 0.5) is 0 Å². The molecule has 0 aliphatic carbocycles. The van der Waals surface area contributed by atoms with Crippen molar-refractivity contribution in [1.29, 1.82) is 0 Å². The Bertz CT molecular complexity index is 1070. The van der Waals surface area contributed by atoms with Crippen LogP contribution in [0.1, 0.15) is 29.1 Å². The summed E-state index contributed by atoms with van der Waals surface area (Å²) in [6.45, 7) is 8.37. The molecule has 1 atom stereocenters. The molecule has 0 bridgehead atoms. The number of para-hydroxylation sites is 1. The van der Waals surface area contributed by atoms with Gasteiger partial charge in [-0.25, -0.2) is 13.4 Å². The van der Waals surface area contributed by atoms with E-state index in [4.69, 9.17) is 4.98 Å². The number of hydrogen-bond acceptors (Lipinski definition) is 5. The topological polar surface area (TPSA) is 53.5 Å². The number of fused-ring (bicyclic) bond motifs is 1. The molecule has 4 rings (SSSR count). The second-order valence-corrected chi connectivity index (χ2v) is 10.4. The molecule has 2 heterocycles. The zero-order chi connectivity index (χ0) is 19.9. The van der Waals surface area contributed by atoms with Gasteiger partial charge in [-0.2, -0.15) is 4.31 Å². The quantitative estimate of drug-likeness (QED) is 0.647. The van der Waals surface area contributed by atoms with E-state index >= 15 is 0 Å². The summed E-state index contributed by atoms with van der Waals surface area (Å²) in [4.78, 5) is 7.53.